The molecule has 2 fully saturated rings. The van der Waals surface area contributed by atoms with Crippen LogP contribution in [0.4, 0.5) is 10.5 Å². The number of nitrogens with zero attached hydrogens (tertiary/aromatic N) is 1. The number of sulfonamides is 1. The number of thioether (sulfide) groups is 1. The highest BCUT2D eigenvalue weighted by Gasteiger charge is 2.42. The highest BCUT2D eigenvalue weighted by molar-refractivity contribution is 8.30. The second kappa shape index (κ2) is 17.3. The van der Waals surface area contributed by atoms with Crippen LogP contribution in [0, 0.1) is 0 Å². The zero-order chi connectivity index (χ0) is 34.9. The second-order valence-electron chi connectivity index (χ2n) is 12.1. The van der Waals surface area contributed by atoms with E-state index in [1.54, 1.807) is 18.2 Å². The minimum atomic E-state index is -4.14. The van der Waals surface area contributed by atoms with Gasteiger partial charge in [-0.1, -0.05) is 30.7 Å². The van der Waals surface area contributed by atoms with Crippen molar-refractivity contribution in [2.45, 2.75) is 73.2 Å². The fourth-order valence-corrected chi connectivity index (χ4v) is 9.72. The Kier molecular flexibility index (Phi) is 13.7. The summed E-state index contributed by atoms with van der Waals surface area (Å²) >= 11 is 6.73. The average Bonchev–Trinajstić information content (AvgIpc) is 3.60. The third-order valence-electron chi connectivity index (χ3n) is 8.47. The van der Waals surface area contributed by atoms with Crippen molar-refractivity contribution in [1.29, 1.82) is 0 Å². The van der Waals surface area contributed by atoms with Crippen LogP contribution < -0.4 is 30.9 Å². The van der Waals surface area contributed by atoms with Crippen LogP contribution in [0.15, 0.2) is 41.3 Å². The normalized spacial score (nSPS) is 20.7. The van der Waals surface area contributed by atoms with Crippen LogP contribution in [-0.4, -0.2) is 99.6 Å². The van der Waals surface area contributed by atoms with E-state index in [4.69, 9.17) is 15.4 Å². The van der Waals surface area contributed by atoms with Crippen molar-refractivity contribution in [3.05, 3.63) is 36.4 Å². The predicted octanol–water partition coefficient (Wildman–Crippen LogP) is 1.99. The number of benzene rings is 2. The summed E-state index contributed by atoms with van der Waals surface area (Å²) in [5, 5.41) is 13.1. The molecule has 0 radical (unpaired) electrons. The van der Waals surface area contributed by atoms with Crippen molar-refractivity contribution in [1.82, 2.24) is 26.0 Å². The van der Waals surface area contributed by atoms with Gasteiger partial charge in [0.1, 0.15) is 14.8 Å². The molecule has 2 aromatic carbocycles. The lowest BCUT2D eigenvalue weighted by Crippen LogP contribution is -2.47. The molecule has 5 N–H and O–H groups in total. The first-order chi connectivity index (χ1) is 22.8. The SMILES string of the molecule is COS(=O)(=S)CCNC(=O)[C@H](CCCCNC(=O)CCCC[C@@H]1SC[C@H]2NC(=O)N[C@H]12)NS(=O)(=O)c1cccc2c(N(C)C)cccc12. The van der Waals surface area contributed by atoms with Crippen LogP contribution in [0.2, 0.25) is 0 Å². The molecule has 4 amide bonds. The first-order valence-corrected chi connectivity index (χ1v) is 21.1. The van der Waals surface area contributed by atoms with Gasteiger partial charge in [-0.3, -0.25) is 13.8 Å². The zero-order valence-electron chi connectivity index (χ0n) is 27.5. The first-order valence-electron chi connectivity index (χ1n) is 16.0. The molecule has 2 aliphatic rings. The molecular formula is C31H46N6O7S4. The molecule has 2 heterocycles. The van der Waals surface area contributed by atoms with E-state index in [9.17, 15) is 27.0 Å². The Morgan fingerprint density at radius 1 is 1.02 bits per heavy atom. The minimum Gasteiger partial charge on any atom is -0.377 e. The van der Waals surface area contributed by atoms with Gasteiger partial charge in [0.25, 0.3) is 0 Å². The summed E-state index contributed by atoms with van der Waals surface area (Å²) in [6, 6.07) is 9.57. The highest BCUT2D eigenvalue weighted by atomic mass is 32.8. The molecule has 17 heteroatoms. The Bertz CT molecular complexity index is 1670. The average molecular weight is 743 g/mol. The van der Waals surface area contributed by atoms with E-state index in [0.29, 0.717) is 36.4 Å². The lowest BCUT2D eigenvalue weighted by Gasteiger charge is -2.20. The summed E-state index contributed by atoms with van der Waals surface area (Å²) in [5.41, 5.74) is 0.856. The van der Waals surface area contributed by atoms with Crippen LogP contribution in [0.3, 0.4) is 0 Å². The number of fused-ring (bicyclic) bond motifs is 2. The van der Waals surface area contributed by atoms with E-state index in [2.05, 4.69) is 26.0 Å². The largest absolute Gasteiger partial charge is 0.377 e. The van der Waals surface area contributed by atoms with E-state index >= 15 is 0 Å². The number of carbonyl (C=O) groups is 3. The van der Waals surface area contributed by atoms with Crippen molar-refractivity contribution in [3.8, 4) is 0 Å². The summed E-state index contributed by atoms with van der Waals surface area (Å²) in [6.45, 7) is 0.346. The monoisotopic (exact) mass is 742 g/mol. The Morgan fingerprint density at radius 2 is 1.77 bits per heavy atom. The summed E-state index contributed by atoms with van der Waals surface area (Å²) in [5.74, 6) is 0.180. The van der Waals surface area contributed by atoms with E-state index in [1.807, 2.05) is 42.9 Å². The molecule has 1 unspecified atom stereocenters. The molecule has 5 atom stereocenters. The van der Waals surface area contributed by atoms with E-state index < -0.39 is 30.7 Å². The van der Waals surface area contributed by atoms with Crippen LogP contribution >= 0.6 is 11.8 Å². The van der Waals surface area contributed by atoms with E-state index in [1.165, 1.54) is 13.2 Å². The maximum atomic E-state index is 13.7. The standard InChI is InChI=1S/C31H46N6O7S4/c1-37(2)25-13-8-11-22-21(25)10-9-15-27(22)48(42,43)36-23(30(39)33-18-19-47(41,45)44-3)12-6-7-17-32-28(38)16-5-4-14-26-29-24(20-46-26)34-31(40)35-29/h8-11,13,15,23-24,26,29,36H,4-7,12,14,16-20H2,1-3H3,(H,32,38)(H,33,39)(H2,34,35,40)/t23-,24+,26-,29-,47?/m0/s1. The van der Waals surface area contributed by atoms with Crippen molar-refractivity contribution in [2.75, 3.05) is 50.7 Å². The summed E-state index contributed by atoms with van der Waals surface area (Å²) < 4.78 is 46.9. The van der Waals surface area contributed by atoms with Crippen molar-refractivity contribution in [2.24, 2.45) is 0 Å². The van der Waals surface area contributed by atoms with E-state index in [0.717, 1.165) is 36.1 Å². The van der Waals surface area contributed by atoms with Gasteiger partial charge in [0, 0.05) is 72.3 Å². The molecule has 0 aliphatic carbocycles. The molecule has 266 valence electrons. The van der Waals surface area contributed by atoms with Gasteiger partial charge in [-0.15, -0.1) is 0 Å². The summed E-state index contributed by atoms with van der Waals surface area (Å²) in [7, 11) is -2.14. The molecule has 2 saturated heterocycles. The van der Waals surface area contributed by atoms with Crippen LogP contribution in [-0.2, 0) is 43.8 Å². The van der Waals surface area contributed by atoms with E-state index in [-0.39, 0.29) is 47.6 Å². The smallest absolute Gasteiger partial charge is 0.315 e. The predicted molar refractivity (Wildman–Crippen MR) is 194 cm³/mol. The molecule has 0 bridgehead atoms. The molecule has 13 nitrogen and oxygen atoms in total. The zero-order valence-corrected chi connectivity index (χ0v) is 30.8. The number of carbonyl (C=O) groups excluding carboxylic acids is 3. The minimum absolute atomic E-state index is 0.0457. The fraction of sp³-hybridized carbons (Fsp3) is 0.581. The Labute approximate surface area is 292 Å². The van der Waals surface area contributed by atoms with Crippen molar-refractivity contribution in [3.63, 3.8) is 0 Å². The number of rotatable bonds is 19. The van der Waals surface area contributed by atoms with Crippen LogP contribution in [0.1, 0.15) is 44.9 Å². The number of hydrogen-bond donors (Lipinski definition) is 5. The molecule has 0 saturated carbocycles. The lowest BCUT2D eigenvalue weighted by atomic mass is 10.0. The van der Waals surface area contributed by atoms with Gasteiger partial charge in [0.05, 0.1) is 29.8 Å². The quantitative estimate of drug-likeness (QED) is 0.106. The van der Waals surface area contributed by atoms with Gasteiger partial charge < -0.3 is 26.2 Å². The highest BCUT2D eigenvalue weighted by Crippen LogP contribution is 2.33. The Balaban J connectivity index is 1.29. The number of nitrogens with one attached hydrogen (secondary N) is 5. The van der Waals surface area contributed by atoms with Gasteiger partial charge in [-0.05, 0) is 44.2 Å². The Hall–Kier alpha value is -2.70. The fourth-order valence-electron chi connectivity index (χ4n) is 5.95. The molecule has 48 heavy (non-hydrogen) atoms. The lowest BCUT2D eigenvalue weighted by molar-refractivity contribution is -0.123. The maximum absolute atomic E-state index is 13.7. The van der Waals surface area contributed by atoms with Crippen molar-refractivity contribution < 1.29 is 31.2 Å². The number of hydrogen-bond acceptors (Lipinski definition) is 10. The second-order valence-corrected chi connectivity index (χ2v) is 18.5. The number of amides is 4. The number of urea groups is 1. The molecule has 2 aliphatic heterocycles. The summed E-state index contributed by atoms with van der Waals surface area (Å²) in [4.78, 5) is 39.2. The van der Waals surface area contributed by atoms with Gasteiger partial charge in [0.15, 0.2) is 0 Å². The first kappa shape index (κ1) is 38.1. The molecule has 0 spiro atoms. The summed E-state index contributed by atoms with van der Waals surface area (Å²) in [6.07, 6.45) is 4.14. The molecule has 4 rings (SSSR count). The van der Waals surface area contributed by atoms with Crippen LogP contribution in [0.5, 0.6) is 0 Å². The number of anilines is 1. The molecular weight excluding hydrogens is 697 g/mol. The maximum Gasteiger partial charge on any atom is 0.315 e. The Morgan fingerprint density at radius 3 is 2.52 bits per heavy atom. The van der Waals surface area contributed by atoms with Gasteiger partial charge in [-0.2, -0.15) is 16.5 Å². The van der Waals surface area contributed by atoms with Crippen molar-refractivity contribution >= 4 is 76.1 Å². The van der Waals surface area contributed by atoms with Gasteiger partial charge in [-0.25, -0.2) is 17.4 Å². The van der Waals surface area contributed by atoms with Gasteiger partial charge >= 0.3 is 6.03 Å². The topological polar surface area (TPSA) is 175 Å². The molecule has 0 aromatic heterocycles. The van der Waals surface area contributed by atoms with Crippen LogP contribution in [0.25, 0.3) is 10.8 Å². The number of unbranched alkanes of at least 4 members (excludes halogenated alkanes) is 2. The van der Waals surface area contributed by atoms with Gasteiger partial charge in [0.2, 0.25) is 21.8 Å². The molecule has 2 aromatic rings. The third kappa shape index (κ3) is 10.4. The third-order valence-corrected chi connectivity index (χ3v) is 13.6.